The molecule has 1 aromatic rings. The Morgan fingerprint density at radius 2 is 2.06 bits per heavy atom. The Morgan fingerprint density at radius 1 is 1.44 bits per heavy atom. The maximum Gasteiger partial charge on any atom is 0.127 e. The van der Waals surface area contributed by atoms with E-state index in [0.29, 0.717) is 11.3 Å². The van der Waals surface area contributed by atoms with Gasteiger partial charge in [0.25, 0.3) is 0 Å². The quantitative estimate of drug-likeness (QED) is 0.824. The van der Waals surface area contributed by atoms with E-state index in [0.717, 1.165) is 23.6 Å². The Hall–Kier alpha value is -1.25. The van der Waals surface area contributed by atoms with Crippen LogP contribution in [0, 0.1) is 18.3 Å². The average Bonchev–Trinajstić information content (AvgIpc) is 2.18. The molecule has 0 radical (unpaired) electrons. The van der Waals surface area contributed by atoms with Crippen molar-refractivity contribution in [2.45, 2.75) is 34.6 Å². The van der Waals surface area contributed by atoms with E-state index in [1.54, 1.807) is 6.20 Å². The van der Waals surface area contributed by atoms with E-state index in [2.05, 4.69) is 38.0 Å². The summed E-state index contributed by atoms with van der Waals surface area (Å²) in [5.74, 6) is 1.44. The number of nitrogen functional groups attached to an aromatic ring is 1. The summed E-state index contributed by atoms with van der Waals surface area (Å²) < 4.78 is 0. The molecule has 0 saturated carbocycles. The van der Waals surface area contributed by atoms with Crippen LogP contribution in [0.25, 0.3) is 0 Å². The van der Waals surface area contributed by atoms with Crippen molar-refractivity contribution in [1.29, 1.82) is 0 Å². The summed E-state index contributed by atoms with van der Waals surface area (Å²) in [6, 6.07) is 1.89. The molecule has 0 aliphatic heterocycles. The fourth-order valence-corrected chi connectivity index (χ4v) is 1.20. The zero-order valence-electron chi connectivity index (χ0n) is 11.0. The van der Waals surface area contributed by atoms with Gasteiger partial charge in [-0.25, -0.2) is 4.98 Å². The molecule has 3 heteroatoms. The lowest BCUT2D eigenvalue weighted by Crippen LogP contribution is -2.25. The van der Waals surface area contributed by atoms with E-state index in [1.807, 2.05) is 13.0 Å². The Kier molecular flexibility index (Phi) is 3.79. The summed E-state index contributed by atoms with van der Waals surface area (Å²) in [6.45, 7) is 11.9. The molecule has 1 rings (SSSR count). The smallest absolute Gasteiger partial charge is 0.127 e. The molecule has 0 aliphatic carbocycles. The number of nitrogens with one attached hydrogen (secondary N) is 1. The fourth-order valence-electron chi connectivity index (χ4n) is 1.20. The minimum absolute atomic E-state index is 0.309. The van der Waals surface area contributed by atoms with Gasteiger partial charge in [0.15, 0.2) is 0 Å². The molecule has 0 amide bonds. The van der Waals surface area contributed by atoms with Crippen molar-refractivity contribution in [1.82, 2.24) is 4.98 Å². The van der Waals surface area contributed by atoms with Gasteiger partial charge >= 0.3 is 0 Å². The van der Waals surface area contributed by atoms with Crippen LogP contribution < -0.4 is 11.1 Å². The standard InChI is InChI=1S/C13H23N3/c1-9-7-15-12(6-11(9)14)16-8-10(2)13(3,4)5/h6-7,10H,8H2,1-5H3,(H3,14,15,16). The SMILES string of the molecule is Cc1cnc(NCC(C)C(C)(C)C)cc1N. The van der Waals surface area contributed by atoms with Gasteiger partial charge in [0.05, 0.1) is 0 Å². The van der Waals surface area contributed by atoms with E-state index >= 15 is 0 Å². The fraction of sp³-hybridized carbons (Fsp3) is 0.615. The summed E-state index contributed by atoms with van der Waals surface area (Å²) in [4.78, 5) is 4.30. The van der Waals surface area contributed by atoms with Crippen molar-refractivity contribution < 1.29 is 0 Å². The number of rotatable bonds is 3. The zero-order chi connectivity index (χ0) is 12.3. The molecular weight excluding hydrogens is 198 g/mol. The van der Waals surface area contributed by atoms with Crippen molar-refractivity contribution in [2.75, 3.05) is 17.6 Å². The summed E-state index contributed by atoms with van der Waals surface area (Å²) in [5.41, 5.74) is 7.96. The maximum atomic E-state index is 5.83. The van der Waals surface area contributed by atoms with Crippen LogP contribution in [0.4, 0.5) is 11.5 Å². The second-order valence-corrected chi connectivity index (χ2v) is 5.57. The second kappa shape index (κ2) is 4.73. The first-order chi connectivity index (χ1) is 7.30. The largest absolute Gasteiger partial charge is 0.398 e. The van der Waals surface area contributed by atoms with Crippen LogP contribution in [0.3, 0.4) is 0 Å². The van der Waals surface area contributed by atoms with Crippen molar-refractivity contribution in [3.05, 3.63) is 17.8 Å². The number of nitrogens with zero attached hydrogens (tertiary/aromatic N) is 1. The van der Waals surface area contributed by atoms with Crippen molar-refractivity contribution >= 4 is 11.5 Å². The first kappa shape index (κ1) is 12.8. The normalized spacial score (nSPS) is 13.6. The summed E-state index contributed by atoms with van der Waals surface area (Å²) in [7, 11) is 0. The average molecular weight is 221 g/mol. The molecule has 1 aromatic heterocycles. The van der Waals surface area contributed by atoms with Gasteiger partial charge in [-0.3, -0.25) is 0 Å². The number of aromatic nitrogens is 1. The third-order valence-electron chi connectivity index (χ3n) is 3.21. The molecule has 90 valence electrons. The van der Waals surface area contributed by atoms with Gasteiger partial charge in [0, 0.05) is 24.5 Å². The summed E-state index contributed by atoms with van der Waals surface area (Å²) in [6.07, 6.45) is 1.80. The Bertz CT molecular complexity index is 353. The molecule has 0 aromatic carbocycles. The Morgan fingerprint density at radius 3 is 2.56 bits per heavy atom. The predicted octanol–water partition coefficient (Wildman–Crippen LogP) is 3.07. The number of anilines is 2. The van der Waals surface area contributed by atoms with E-state index < -0.39 is 0 Å². The van der Waals surface area contributed by atoms with Crippen LogP contribution in [-0.4, -0.2) is 11.5 Å². The molecule has 0 spiro atoms. The number of pyridine rings is 1. The van der Waals surface area contributed by atoms with Crippen LogP contribution in [0.1, 0.15) is 33.3 Å². The van der Waals surface area contributed by atoms with Crippen LogP contribution in [-0.2, 0) is 0 Å². The highest BCUT2D eigenvalue weighted by atomic mass is 15.0. The third kappa shape index (κ3) is 3.40. The molecule has 0 saturated heterocycles. The maximum absolute atomic E-state index is 5.83. The number of hydrogen-bond acceptors (Lipinski definition) is 3. The van der Waals surface area contributed by atoms with Gasteiger partial charge in [0.2, 0.25) is 0 Å². The molecular formula is C13H23N3. The van der Waals surface area contributed by atoms with E-state index in [-0.39, 0.29) is 0 Å². The monoisotopic (exact) mass is 221 g/mol. The van der Waals surface area contributed by atoms with E-state index in [9.17, 15) is 0 Å². The molecule has 0 bridgehead atoms. The van der Waals surface area contributed by atoms with Crippen LogP contribution in [0.5, 0.6) is 0 Å². The van der Waals surface area contributed by atoms with Gasteiger partial charge < -0.3 is 11.1 Å². The Balaban J connectivity index is 2.58. The topological polar surface area (TPSA) is 50.9 Å². The lowest BCUT2D eigenvalue weighted by Gasteiger charge is -2.27. The predicted molar refractivity (Wildman–Crippen MR) is 70.5 cm³/mol. The highest BCUT2D eigenvalue weighted by molar-refractivity contribution is 5.53. The van der Waals surface area contributed by atoms with Gasteiger partial charge in [-0.15, -0.1) is 0 Å². The first-order valence-corrected chi connectivity index (χ1v) is 5.76. The van der Waals surface area contributed by atoms with E-state index in [1.165, 1.54) is 0 Å². The van der Waals surface area contributed by atoms with Gasteiger partial charge in [-0.05, 0) is 23.8 Å². The lowest BCUT2D eigenvalue weighted by atomic mass is 9.82. The van der Waals surface area contributed by atoms with Crippen LogP contribution in [0.15, 0.2) is 12.3 Å². The summed E-state index contributed by atoms with van der Waals surface area (Å²) >= 11 is 0. The van der Waals surface area contributed by atoms with Gasteiger partial charge in [-0.1, -0.05) is 27.7 Å². The molecule has 1 heterocycles. The third-order valence-corrected chi connectivity index (χ3v) is 3.21. The molecule has 3 N–H and O–H groups in total. The van der Waals surface area contributed by atoms with Crippen LogP contribution >= 0.6 is 0 Å². The van der Waals surface area contributed by atoms with Gasteiger partial charge in [0.1, 0.15) is 5.82 Å². The van der Waals surface area contributed by atoms with Crippen molar-refractivity contribution in [3.63, 3.8) is 0 Å². The number of hydrogen-bond donors (Lipinski definition) is 2. The van der Waals surface area contributed by atoms with Crippen LogP contribution in [0.2, 0.25) is 0 Å². The van der Waals surface area contributed by atoms with Crippen molar-refractivity contribution in [3.8, 4) is 0 Å². The van der Waals surface area contributed by atoms with Gasteiger partial charge in [-0.2, -0.15) is 0 Å². The minimum Gasteiger partial charge on any atom is -0.398 e. The molecule has 3 nitrogen and oxygen atoms in total. The highest BCUT2D eigenvalue weighted by Crippen LogP contribution is 2.25. The summed E-state index contributed by atoms with van der Waals surface area (Å²) in [5, 5.41) is 3.33. The Labute approximate surface area is 98.5 Å². The molecule has 0 fully saturated rings. The number of aryl methyl sites for hydroxylation is 1. The number of nitrogens with two attached hydrogens (primary N) is 1. The molecule has 16 heavy (non-hydrogen) atoms. The molecule has 1 atom stereocenters. The second-order valence-electron chi connectivity index (χ2n) is 5.57. The molecule has 1 unspecified atom stereocenters. The van der Waals surface area contributed by atoms with Crippen molar-refractivity contribution in [2.24, 2.45) is 11.3 Å². The minimum atomic E-state index is 0.309. The first-order valence-electron chi connectivity index (χ1n) is 5.76. The van der Waals surface area contributed by atoms with E-state index in [4.69, 9.17) is 5.73 Å². The molecule has 0 aliphatic rings. The highest BCUT2D eigenvalue weighted by Gasteiger charge is 2.19. The lowest BCUT2D eigenvalue weighted by molar-refractivity contribution is 0.274. The zero-order valence-corrected chi connectivity index (χ0v) is 11.0.